The standard InChI is InChI=1S/C35H59N3O5S/c1-25(2)20-32(39)33(40)30(22-27-14-9-6-10-15-27)36-35(42)31(23-28-16-17-28)37-34(41)29(21-26-12-7-5-8-13-26)24-44(43)19-11-18-38(3)4/h5,7-8,12-13,25,27-33,39-40H,6,9-11,14-24H2,1-4H3,(H,36,42)(H,37,41)/t29-,30+,31+,32+,33-,44?/m1/s1. The second kappa shape index (κ2) is 19.0. The van der Waals surface area contributed by atoms with E-state index in [9.17, 15) is 24.0 Å². The van der Waals surface area contributed by atoms with Crippen molar-refractivity contribution >= 4 is 22.6 Å². The summed E-state index contributed by atoms with van der Waals surface area (Å²) >= 11 is 0. The van der Waals surface area contributed by atoms with E-state index in [0.717, 1.165) is 57.1 Å². The smallest absolute Gasteiger partial charge is 0.242 e. The van der Waals surface area contributed by atoms with Crippen molar-refractivity contribution in [2.75, 3.05) is 32.1 Å². The molecular formula is C35H59N3O5S. The van der Waals surface area contributed by atoms with Crippen LogP contribution in [0.4, 0.5) is 0 Å². The van der Waals surface area contributed by atoms with Gasteiger partial charge < -0.3 is 25.7 Å². The van der Waals surface area contributed by atoms with E-state index in [1.165, 1.54) is 6.42 Å². The van der Waals surface area contributed by atoms with Crippen molar-refractivity contribution in [3.8, 4) is 0 Å². The lowest BCUT2D eigenvalue weighted by atomic mass is 9.82. The minimum Gasteiger partial charge on any atom is -0.390 e. The molecule has 2 amide bonds. The monoisotopic (exact) mass is 633 g/mol. The summed E-state index contributed by atoms with van der Waals surface area (Å²) in [5, 5.41) is 28.2. The maximum absolute atomic E-state index is 13.9. The predicted octanol–water partition coefficient (Wildman–Crippen LogP) is 4.05. The number of nitrogens with one attached hydrogen (secondary N) is 2. The van der Waals surface area contributed by atoms with E-state index in [1.807, 2.05) is 58.3 Å². The Labute approximate surface area is 268 Å². The van der Waals surface area contributed by atoms with Crippen LogP contribution in [0.15, 0.2) is 30.3 Å². The summed E-state index contributed by atoms with van der Waals surface area (Å²) in [5.74, 6) is 0.688. The topological polar surface area (TPSA) is 119 Å². The van der Waals surface area contributed by atoms with Crippen LogP contribution in [-0.4, -0.2) is 87.6 Å². The summed E-state index contributed by atoms with van der Waals surface area (Å²) in [4.78, 5) is 29.8. The van der Waals surface area contributed by atoms with Crippen LogP contribution in [0.5, 0.6) is 0 Å². The van der Waals surface area contributed by atoms with Crippen LogP contribution in [0.25, 0.3) is 0 Å². The second-order valence-corrected chi connectivity index (χ2v) is 15.8. The Morgan fingerprint density at radius 1 is 0.932 bits per heavy atom. The van der Waals surface area contributed by atoms with Gasteiger partial charge in [-0.3, -0.25) is 13.8 Å². The van der Waals surface area contributed by atoms with Gasteiger partial charge in [0.1, 0.15) is 12.1 Å². The molecule has 250 valence electrons. The van der Waals surface area contributed by atoms with Crippen LogP contribution >= 0.6 is 0 Å². The van der Waals surface area contributed by atoms with Gasteiger partial charge in [-0.2, -0.15) is 0 Å². The zero-order chi connectivity index (χ0) is 32.1. The molecule has 0 spiro atoms. The summed E-state index contributed by atoms with van der Waals surface area (Å²) in [6.07, 6.45) is 8.56. The molecule has 8 nitrogen and oxygen atoms in total. The molecule has 9 heteroatoms. The van der Waals surface area contributed by atoms with Gasteiger partial charge in [0.2, 0.25) is 11.8 Å². The van der Waals surface area contributed by atoms with Crippen LogP contribution in [0.2, 0.25) is 0 Å². The quantitative estimate of drug-likeness (QED) is 0.172. The van der Waals surface area contributed by atoms with E-state index in [-0.39, 0.29) is 23.5 Å². The van der Waals surface area contributed by atoms with Gasteiger partial charge in [0.05, 0.1) is 18.1 Å². The first kappa shape index (κ1) is 36.7. The molecule has 0 aromatic heterocycles. The van der Waals surface area contributed by atoms with Crippen molar-refractivity contribution in [3.05, 3.63) is 35.9 Å². The van der Waals surface area contributed by atoms with Crippen LogP contribution in [0.3, 0.4) is 0 Å². The third-order valence-electron chi connectivity index (χ3n) is 9.12. The molecule has 2 aliphatic carbocycles. The predicted molar refractivity (Wildman–Crippen MR) is 179 cm³/mol. The van der Waals surface area contributed by atoms with Crippen LogP contribution in [0, 0.1) is 23.7 Å². The maximum Gasteiger partial charge on any atom is 0.242 e. The van der Waals surface area contributed by atoms with Crippen LogP contribution in [-0.2, 0) is 26.8 Å². The third-order valence-corrected chi connectivity index (χ3v) is 10.6. The first-order valence-electron chi connectivity index (χ1n) is 17.0. The molecule has 4 N–H and O–H groups in total. The first-order valence-corrected chi connectivity index (χ1v) is 18.5. The Balaban J connectivity index is 1.73. The second-order valence-electron chi connectivity index (χ2n) is 14.1. The number of carbonyl (C=O) groups is 2. The van der Waals surface area contributed by atoms with Gasteiger partial charge >= 0.3 is 0 Å². The number of aliphatic hydroxyl groups is 2. The van der Waals surface area contributed by atoms with E-state index < -0.39 is 41.0 Å². The molecule has 1 aromatic rings. The Kier molecular flexibility index (Phi) is 15.8. The van der Waals surface area contributed by atoms with Crippen molar-refractivity contribution in [1.82, 2.24) is 15.5 Å². The zero-order valence-electron chi connectivity index (χ0n) is 27.6. The molecular weight excluding hydrogens is 574 g/mol. The molecule has 0 radical (unpaired) electrons. The van der Waals surface area contributed by atoms with Crippen molar-refractivity contribution < 1.29 is 24.0 Å². The molecule has 3 rings (SSSR count). The number of aliphatic hydroxyl groups excluding tert-OH is 2. The molecule has 1 aromatic carbocycles. The average molecular weight is 634 g/mol. The Hall–Kier alpha value is -1.81. The molecule has 1 unspecified atom stereocenters. The minimum atomic E-state index is -1.16. The van der Waals surface area contributed by atoms with Crippen molar-refractivity contribution in [2.24, 2.45) is 23.7 Å². The molecule has 2 aliphatic rings. The summed E-state index contributed by atoms with van der Waals surface area (Å²) in [6, 6.07) is 8.44. The Morgan fingerprint density at radius 3 is 2.20 bits per heavy atom. The van der Waals surface area contributed by atoms with Gasteiger partial charge in [-0.25, -0.2) is 0 Å². The molecule has 0 heterocycles. The number of hydrogen-bond acceptors (Lipinski definition) is 6. The molecule has 2 saturated carbocycles. The van der Waals surface area contributed by atoms with Gasteiger partial charge in [0.15, 0.2) is 0 Å². The maximum atomic E-state index is 13.9. The highest BCUT2D eigenvalue weighted by atomic mass is 32.2. The molecule has 0 aliphatic heterocycles. The summed E-state index contributed by atoms with van der Waals surface area (Å²) in [7, 11) is 2.82. The van der Waals surface area contributed by atoms with Gasteiger partial charge in [-0.05, 0) is 76.1 Å². The Morgan fingerprint density at radius 2 is 1.59 bits per heavy atom. The largest absolute Gasteiger partial charge is 0.390 e. The third kappa shape index (κ3) is 13.7. The lowest BCUT2D eigenvalue weighted by molar-refractivity contribution is -0.132. The number of rotatable bonds is 20. The summed E-state index contributed by atoms with van der Waals surface area (Å²) in [5.41, 5.74) is 0.996. The zero-order valence-corrected chi connectivity index (χ0v) is 28.4. The minimum absolute atomic E-state index is 0.211. The average Bonchev–Trinajstić information content (AvgIpc) is 3.80. The lowest BCUT2D eigenvalue weighted by Crippen LogP contribution is -2.56. The van der Waals surface area contributed by atoms with Crippen molar-refractivity contribution in [1.29, 1.82) is 0 Å². The van der Waals surface area contributed by atoms with Gasteiger partial charge in [0, 0.05) is 22.3 Å². The van der Waals surface area contributed by atoms with Crippen molar-refractivity contribution in [2.45, 2.75) is 115 Å². The SMILES string of the molecule is CC(C)C[C@H](O)[C@H](O)[C@H](CC1CCCCC1)NC(=O)[C@H](CC1CC1)NC(=O)[C@H](Cc1ccccc1)CS(=O)CCCN(C)C. The molecule has 0 bridgehead atoms. The van der Waals surface area contributed by atoms with E-state index >= 15 is 0 Å². The lowest BCUT2D eigenvalue weighted by Gasteiger charge is -2.34. The summed E-state index contributed by atoms with van der Waals surface area (Å²) < 4.78 is 13.1. The number of carbonyl (C=O) groups excluding carboxylic acids is 2. The molecule has 6 atom stereocenters. The highest BCUT2D eigenvalue weighted by Crippen LogP contribution is 2.34. The normalized spacial score (nSPS) is 20.1. The van der Waals surface area contributed by atoms with E-state index in [0.29, 0.717) is 43.3 Å². The molecule has 0 saturated heterocycles. The van der Waals surface area contributed by atoms with Crippen LogP contribution in [0.1, 0.15) is 90.0 Å². The Bertz CT molecular complexity index is 1010. The number of hydrogen-bond donors (Lipinski definition) is 4. The fourth-order valence-electron chi connectivity index (χ4n) is 6.42. The number of nitrogens with zero attached hydrogens (tertiary/aromatic N) is 1. The van der Waals surface area contributed by atoms with Crippen molar-refractivity contribution in [3.63, 3.8) is 0 Å². The van der Waals surface area contributed by atoms with Gasteiger partial charge in [-0.1, -0.05) is 89.1 Å². The van der Waals surface area contributed by atoms with Gasteiger partial charge in [-0.15, -0.1) is 0 Å². The van der Waals surface area contributed by atoms with Gasteiger partial charge in [0.25, 0.3) is 0 Å². The highest BCUT2D eigenvalue weighted by Gasteiger charge is 2.36. The highest BCUT2D eigenvalue weighted by molar-refractivity contribution is 7.85. The van der Waals surface area contributed by atoms with E-state index in [4.69, 9.17) is 0 Å². The van der Waals surface area contributed by atoms with Crippen LogP contribution < -0.4 is 10.6 Å². The fraction of sp³-hybridized carbons (Fsp3) is 0.771. The number of amides is 2. The molecule has 44 heavy (non-hydrogen) atoms. The number of benzene rings is 1. The first-order chi connectivity index (χ1) is 21.0. The molecule has 2 fully saturated rings. The fourth-order valence-corrected chi connectivity index (χ4v) is 7.76. The summed E-state index contributed by atoms with van der Waals surface area (Å²) in [6.45, 7) is 4.85. The van der Waals surface area contributed by atoms with E-state index in [2.05, 4.69) is 15.5 Å². The van der Waals surface area contributed by atoms with E-state index in [1.54, 1.807) is 0 Å².